The Morgan fingerprint density at radius 2 is 2.04 bits per heavy atom. The fraction of sp³-hybridized carbons (Fsp3) is 0.588. The van der Waals surface area contributed by atoms with Crippen molar-refractivity contribution in [3.63, 3.8) is 0 Å². The third kappa shape index (κ3) is 3.97. The summed E-state index contributed by atoms with van der Waals surface area (Å²) in [5.41, 5.74) is 0.506. The predicted octanol–water partition coefficient (Wildman–Crippen LogP) is 1.88. The van der Waals surface area contributed by atoms with Crippen molar-refractivity contribution in [1.29, 1.82) is 0 Å². The van der Waals surface area contributed by atoms with Gasteiger partial charge in [-0.1, -0.05) is 11.6 Å². The first-order chi connectivity index (χ1) is 11.1. The van der Waals surface area contributed by atoms with Gasteiger partial charge in [-0.25, -0.2) is 0 Å². The van der Waals surface area contributed by atoms with E-state index in [1.165, 1.54) is 0 Å². The van der Waals surface area contributed by atoms with E-state index in [1.807, 2.05) is 4.90 Å². The molecule has 1 aliphatic carbocycles. The topological polar surface area (TPSA) is 53.0 Å². The lowest BCUT2D eigenvalue weighted by molar-refractivity contribution is 0.0486. The highest BCUT2D eigenvalue weighted by Crippen LogP contribution is 2.33. The Kier molecular flexibility index (Phi) is 5.09. The Balaban J connectivity index is 1.58. The summed E-state index contributed by atoms with van der Waals surface area (Å²) >= 11 is 6.01. The molecule has 1 aromatic carbocycles. The number of nitrogens with zero attached hydrogens (tertiary/aromatic N) is 2. The quantitative estimate of drug-likeness (QED) is 0.890. The Bertz CT molecular complexity index is 569. The van der Waals surface area contributed by atoms with Gasteiger partial charge < -0.3 is 14.7 Å². The summed E-state index contributed by atoms with van der Waals surface area (Å²) in [6.07, 6.45) is 2.08. The van der Waals surface area contributed by atoms with Gasteiger partial charge in [0.2, 0.25) is 0 Å². The van der Waals surface area contributed by atoms with Crippen LogP contribution in [0.1, 0.15) is 23.2 Å². The molecule has 1 atom stereocenters. The van der Waals surface area contributed by atoms with E-state index in [0.717, 1.165) is 25.9 Å². The Morgan fingerprint density at radius 3 is 2.65 bits per heavy atom. The van der Waals surface area contributed by atoms with E-state index in [1.54, 1.807) is 25.3 Å². The first-order valence-corrected chi connectivity index (χ1v) is 8.49. The number of piperazine rings is 1. The number of aliphatic hydroxyl groups is 1. The minimum absolute atomic E-state index is 0.0493. The molecule has 2 fully saturated rings. The second-order valence-electron chi connectivity index (χ2n) is 6.34. The van der Waals surface area contributed by atoms with E-state index >= 15 is 0 Å². The SMILES string of the molecule is COc1ccc(Cl)cc1C(=O)N1CCN(CC(O)C2CC2)CC1. The molecule has 0 aromatic heterocycles. The molecular weight excluding hydrogens is 316 g/mol. The lowest BCUT2D eigenvalue weighted by Gasteiger charge is -2.35. The van der Waals surface area contributed by atoms with Crippen molar-refractivity contribution in [3.8, 4) is 5.75 Å². The molecule has 1 saturated heterocycles. The van der Waals surface area contributed by atoms with Crippen LogP contribution in [0.2, 0.25) is 5.02 Å². The summed E-state index contributed by atoms with van der Waals surface area (Å²) < 4.78 is 5.27. The zero-order valence-corrected chi connectivity index (χ0v) is 14.1. The zero-order valence-electron chi connectivity index (χ0n) is 13.4. The molecule has 1 saturated carbocycles. The van der Waals surface area contributed by atoms with Gasteiger partial charge in [-0.05, 0) is 37.0 Å². The second kappa shape index (κ2) is 7.07. The van der Waals surface area contributed by atoms with Crippen LogP contribution in [0.25, 0.3) is 0 Å². The highest BCUT2D eigenvalue weighted by atomic mass is 35.5. The molecule has 23 heavy (non-hydrogen) atoms. The summed E-state index contributed by atoms with van der Waals surface area (Å²) in [6.45, 7) is 3.61. The van der Waals surface area contributed by atoms with Crippen molar-refractivity contribution >= 4 is 17.5 Å². The number of halogens is 1. The van der Waals surface area contributed by atoms with Crippen LogP contribution in [0.15, 0.2) is 18.2 Å². The number of ether oxygens (including phenoxy) is 1. The van der Waals surface area contributed by atoms with Gasteiger partial charge in [-0.3, -0.25) is 9.69 Å². The predicted molar refractivity (Wildman–Crippen MR) is 89.1 cm³/mol. The number of carbonyl (C=O) groups excluding carboxylic acids is 1. The van der Waals surface area contributed by atoms with Crippen molar-refractivity contribution < 1.29 is 14.6 Å². The largest absolute Gasteiger partial charge is 0.496 e. The molecule has 1 amide bonds. The molecule has 0 radical (unpaired) electrons. The van der Waals surface area contributed by atoms with Crippen molar-refractivity contribution in [3.05, 3.63) is 28.8 Å². The first-order valence-electron chi connectivity index (χ1n) is 8.11. The van der Waals surface area contributed by atoms with Crippen molar-refractivity contribution in [2.75, 3.05) is 39.8 Å². The van der Waals surface area contributed by atoms with Crippen LogP contribution < -0.4 is 4.74 Å². The molecule has 0 spiro atoms. The molecule has 1 heterocycles. The molecule has 6 heteroatoms. The summed E-state index contributed by atoms with van der Waals surface area (Å²) in [5.74, 6) is 0.989. The van der Waals surface area contributed by atoms with Gasteiger partial charge in [-0.2, -0.15) is 0 Å². The molecule has 3 rings (SSSR count). The molecule has 2 aliphatic rings. The van der Waals surface area contributed by atoms with Crippen LogP contribution in [-0.2, 0) is 0 Å². The lowest BCUT2D eigenvalue weighted by Crippen LogP contribution is -2.50. The molecule has 1 aliphatic heterocycles. The summed E-state index contributed by atoms with van der Waals surface area (Å²) in [4.78, 5) is 16.8. The van der Waals surface area contributed by atoms with E-state index in [0.29, 0.717) is 41.9 Å². The van der Waals surface area contributed by atoms with Gasteiger partial charge in [0.05, 0.1) is 18.8 Å². The number of carbonyl (C=O) groups is 1. The number of β-amino-alcohol motifs (C(OH)–C–C–N with tert-alkyl or cyclic N) is 1. The number of hydrogen-bond acceptors (Lipinski definition) is 4. The molecular formula is C17H23ClN2O3. The van der Waals surface area contributed by atoms with Crippen LogP contribution in [0.5, 0.6) is 5.75 Å². The van der Waals surface area contributed by atoms with E-state index in [4.69, 9.17) is 16.3 Å². The number of hydrogen-bond donors (Lipinski definition) is 1. The van der Waals surface area contributed by atoms with Crippen molar-refractivity contribution in [2.24, 2.45) is 5.92 Å². The van der Waals surface area contributed by atoms with Gasteiger partial charge in [0.25, 0.3) is 5.91 Å². The highest BCUT2D eigenvalue weighted by molar-refractivity contribution is 6.31. The Labute approximate surface area is 141 Å². The average molecular weight is 339 g/mol. The van der Waals surface area contributed by atoms with E-state index < -0.39 is 0 Å². The third-order valence-electron chi connectivity index (χ3n) is 4.66. The third-order valence-corrected chi connectivity index (χ3v) is 4.90. The maximum atomic E-state index is 12.7. The highest BCUT2D eigenvalue weighted by Gasteiger charge is 2.32. The number of methoxy groups -OCH3 is 1. The molecule has 0 bridgehead atoms. The van der Waals surface area contributed by atoms with Crippen LogP contribution in [0, 0.1) is 5.92 Å². The monoisotopic (exact) mass is 338 g/mol. The second-order valence-corrected chi connectivity index (χ2v) is 6.78. The van der Waals surface area contributed by atoms with Crippen molar-refractivity contribution in [1.82, 2.24) is 9.80 Å². The van der Waals surface area contributed by atoms with Crippen LogP contribution in [0.4, 0.5) is 0 Å². The molecule has 1 N–H and O–H groups in total. The van der Waals surface area contributed by atoms with Gasteiger partial charge in [0.1, 0.15) is 5.75 Å². The van der Waals surface area contributed by atoms with Crippen LogP contribution in [-0.4, -0.2) is 66.8 Å². The summed E-state index contributed by atoms with van der Waals surface area (Å²) in [5, 5.41) is 10.6. The standard InChI is InChI=1S/C17H23ClN2O3/c1-23-16-5-4-13(18)10-14(16)17(22)20-8-6-19(7-9-20)11-15(21)12-2-3-12/h4-5,10,12,15,21H,2-3,6-9,11H2,1H3. The summed E-state index contributed by atoms with van der Waals surface area (Å²) in [7, 11) is 1.55. The minimum atomic E-state index is -0.217. The average Bonchev–Trinajstić information content (AvgIpc) is 3.40. The Morgan fingerprint density at radius 1 is 1.35 bits per heavy atom. The fourth-order valence-electron chi connectivity index (χ4n) is 3.05. The Hall–Kier alpha value is -1.30. The first kappa shape index (κ1) is 16.6. The maximum absolute atomic E-state index is 12.7. The van der Waals surface area contributed by atoms with Crippen LogP contribution >= 0.6 is 11.6 Å². The minimum Gasteiger partial charge on any atom is -0.496 e. The number of benzene rings is 1. The molecule has 1 aromatic rings. The molecule has 1 unspecified atom stereocenters. The smallest absolute Gasteiger partial charge is 0.257 e. The van der Waals surface area contributed by atoms with Gasteiger partial charge in [-0.15, -0.1) is 0 Å². The van der Waals surface area contributed by atoms with E-state index in [-0.39, 0.29) is 12.0 Å². The van der Waals surface area contributed by atoms with Gasteiger partial charge in [0.15, 0.2) is 0 Å². The summed E-state index contributed by atoms with van der Waals surface area (Å²) in [6, 6.07) is 5.10. The fourth-order valence-corrected chi connectivity index (χ4v) is 3.22. The van der Waals surface area contributed by atoms with Crippen molar-refractivity contribution in [2.45, 2.75) is 18.9 Å². The molecule has 126 valence electrons. The number of aliphatic hydroxyl groups excluding tert-OH is 1. The lowest BCUT2D eigenvalue weighted by atomic mass is 10.1. The zero-order chi connectivity index (χ0) is 16.4. The maximum Gasteiger partial charge on any atom is 0.257 e. The van der Waals surface area contributed by atoms with Crippen LogP contribution in [0.3, 0.4) is 0 Å². The number of rotatable bonds is 5. The van der Waals surface area contributed by atoms with E-state index in [2.05, 4.69) is 4.90 Å². The van der Waals surface area contributed by atoms with Gasteiger partial charge in [0, 0.05) is 37.7 Å². The number of amides is 1. The van der Waals surface area contributed by atoms with E-state index in [9.17, 15) is 9.90 Å². The normalized spacial score (nSPS) is 20.4. The van der Waals surface area contributed by atoms with Gasteiger partial charge >= 0.3 is 0 Å². The molecule has 5 nitrogen and oxygen atoms in total.